The predicted octanol–water partition coefficient (Wildman–Crippen LogP) is 1.64. The van der Waals surface area contributed by atoms with Crippen molar-refractivity contribution in [1.29, 1.82) is 0 Å². The monoisotopic (exact) mass is 272 g/mol. The van der Waals surface area contributed by atoms with Gasteiger partial charge in [0.15, 0.2) is 0 Å². The van der Waals surface area contributed by atoms with Crippen LogP contribution in [0.1, 0.15) is 6.42 Å². The zero-order valence-corrected chi connectivity index (χ0v) is 8.28. The number of amides is 1. The lowest BCUT2D eigenvalue weighted by atomic mass is 10.0. The number of aliphatic imine (C=N–C) groups is 2. The summed E-state index contributed by atoms with van der Waals surface area (Å²) in [5.74, 6) is -0.178. The number of rotatable bonds is 0. The molecule has 0 saturated carbocycles. The molecule has 12 heavy (non-hydrogen) atoms. The van der Waals surface area contributed by atoms with Crippen LogP contribution in [0.2, 0.25) is 0 Å². The fourth-order valence-electron chi connectivity index (χ4n) is 1.11. The highest BCUT2D eigenvalue weighted by Gasteiger charge is 2.19. The first-order chi connectivity index (χ1) is 5.77. The Morgan fingerprint density at radius 2 is 2.33 bits per heavy atom. The van der Waals surface area contributed by atoms with Crippen molar-refractivity contribution < 1.29 is 4.79 Å². The smallest absolute Gasteiger partial charge is 0.267 e. The molecule has 0 aromatic carbocycles. The molecular formula is C8H5IN2O. The predicted molar refractivity (Wildman–Crippen MR) is 55.7 cm³/mol. The van der Waals surface area contributed by atoms with Gasteiger partial charge in [0.05, 0.1) is 11.3 Å². The zero-order valence-electron chi connectivity index (χ0n) is 6.12. The number of carbonyl (C=O) groups excluding carboxylic acids is 1. The minimum atomic E-state index is -0.178. The quantitative estimate of drug-likeness (QED) is 0.618. The van der Waals surface area contributed by atoms with E-state index in [-0.39, 0.29) is 5.91 Å². The van der Waals surface area contributed by atoms with Crippen molar-refractivity contribution in [3.63, 3.8) is 0 Å². The molecule has 60 valence electrons. The van der Waals surface area contributed by atoms with E-state index < -0.39 is 0 Å². The van der Waals surface area contributed by atoms with E-state index in [1.54, 1.807) is 0 Å². The van der Waals surface area contributed by atoms with Gasteiger partial charge in [-0.3, -0.25) is 4.79 Å². The van der Waals surface area contributed by atoms with E-state index in [4.69, 9.17) is 0 Å². The Hall–Kier alpha value is -0.780. The van der Waals surface area contributed by atoms with Crippen LogP contribution in [-0.4, -0.2) is 18.0 Å². The Balaban J connectivity index is 2.47. The molecule has 0 N–H and O–H groups in total. The Morgan fingerprint density at radius 3 is 3.17 bits per heavy atom. The van der Waals surface area contributed by atoms with E-state index in [9.17, 15) is 4.79 Å². The van der Waals surface area contributed by atoms with Gasteiger partial charge in [0, 0.05) is 10.0 Å². The average Bonchev–Trinajstić information content (AvgIpc) is 2.07. The van der Waals surface area contributed by atoms with E-state index >= 15 is 0 Å². The fourth-order valence-corrected chi connectivity index (χ4v) is 1.64. The molecule has 3 nitrogen and oxygen atoms in total. The molecule has 4 heteroatoms. The number of halogens is 1. The van der Waals surface area contributed by atoms with Crippen LogP contribution in [0.3, 0.4) is 0 Å². The molecule has 1 aliphatic carbocycles. The fraction of sp³-hybridized carbons (Fsp3) is 0.125. The van der Waals surface area contributed by atoms with Crippen LogP contribution in [0.25, 0.3) is 0 Å². The van der Waals surface area contributed by atoms with Crippen molar-refractivity contribution in [2.45, 2.75) is 6.42 Å². The summed E-state index contributed by atoms with van der Waals surface area (Å²) < 4.78 is 1.08. The number of fused-ring (bicyclic) bond motifs is 1. The minimum absolute atomic E-state index is 0.178. The summed E-state index contributed by atoms with van der Waals surface area (Å²) in [6.07, 6.45) is 5.92. The van der Waals surface area contributed by atoms with Gasteiger partial charge < -0.3 is 0 Å². The second kappa shape index (κ2) is 2.93. The van der Waals surface area contributed by atoms with Crippen molar-refractivity contribution in [3.05, 3.63) is 21.3 Å². The summed E-state index contributed by atoms with van der Waals surface area (Å²) in [7, 11) is 0. The third-order valence-corrected chi connectivity index (χ3v) is 2.45. The van der Waals surface area contributed by atoms with Gasteiger partial charge in [0.1, 0.15) is 6.34 Å². The van der Waals surface area contributed by atoms with Gasteiger partial charge >= 0.3 is 0 Å². The maximum atomic E-state index is 11.2. The summed E-state index contributed by atoms with van der Waals surface area (Å²) in [5.41, 5.74) is 1.47. The van der Waals surface area contributed by atoms with Crippen LogP contribution in [0.4, 0.5) is 0 Å². The first kappa shape index (κ1) is 7.85. The van der Waals surface area contributed by atoms with Crippen LogP contribution < -0.4 is 0 Å². The summed E-state index contributed by atoms with van der Waals surface area (Å²) in [6, 6.07) is 0. The summed E-state index contributed by atoms with van der Waals surface area (Å²) in [5, 5.41) is 0. The third kappa shape index (κ3) is 1.26. The first-order valence-electron chi connectivity index (χ1n) is 3.48. The van der Waals surface area contributed by atoms with Crippen LogP contribution in [0.5, 0.6) is 0 Å². The third-order valence-electron chi connectivity index (χ3n) is 1.70. The average molecular weight is 272 g/mol. The second-order valence-corrected chi connectivity index (χ2v) is 3.72. The lowest BCUT2D eigenvalue weighted by Crippen LogP contribution is -2.17. The first-order valence-corrected chi connectivity index (χ1v) is 4.56. The molecule has 2 rings (SSSR count). The van der Waals surface area contributed by atoms with E-state index in [2.05, 4.69) is 32.6 Å². The molecule has 0 atom stereocenters. The molecule has 0 radical (unpaired) electrons. The molecule has 1 heterocycles. The van der Waals surface area contributed by atoms with Crippen molar-refractivity contribution in [2.75, 3.05) is 0 Å². The maximum Gasteiger partial charge on any atom is 0.280 e. The van der Waals surface area contributed by atoms with Crippen molar-refractivity contribution in [1.82, 2.24) is 0 Å². The van der Waals surface area contributed by atoms with Crippen LogP contribution in [0, 0.1) is 0 Å². The molecule has 1 aliphatic heterocycles. The van der Waals surface area contributed by atoms with Crippen LogP contribution in [0.15, 0.2) is 31.3 Å². The molecule has 0 fully saturated rings. The van der Waals surface area contributed by atoms with E-state index in [1.165, 1.54) is 6.34 Å². The molecule has 1 amide bonds. The topological polar surface area (TPSA) is 41.8 Å². The number of nitrogens with zero attached hydrogens (tertiary/aromatic N) is 2. The largest absolute Gasteiger partial charge is 0.280 e. The van der Waals surface area contributed by atoms with E-state index in [0.717, 1.165) is 15.7 Å². The molecule has 0 bridgehead atoms. The van der Waals surface area contributed by atoms with Crippen LogP contribution >= 0.6 is 22.6 Å². The Labute approximate surface area is 83.1 Å². The van der Waals surface area contributed by atoms with Gasteiger partial charge in [-0.15, -0.1) is 0 Å². The summed E-state index contributed by atoms with van der Waals surface area (Å²) >= 11 is 2.18. The highest BCUT2D eigenvalue weighted by Crippen LogP contribution is 2.22. The number of carbonyl (C=O) groups is 1. The van der Waals surface area contributed by atoms with Crippen LogP contribution in [-0.2, 0) is 4.79 Å². The molecule has 0 saturated heterocycles. The molecule has 0 spiro atoms. The van der Waals surface area contributed by atoms with Gasteiger partial charge in [0.25, 0.3) is 5.91 Å². The Morgan fingerprint density at radius 1 is 1.50 bits per heavy atom. The maximum absolute atomic E-state index is 11.2. The van der Waals surface area contributed by atoms with Gasteiger partial charge in [-0.25, -0.2) is 4.99 Å². The molecule has 0 aromatic rings. The molecule has 0 aromatic heterocycles. The number of hydrogen-bond acceptors (Lipinski definition) is 2. The molecule has 0 unspecified atom stereocenters. The van der Waals surface area contributed by atoms with Gasteiger partial charge in [-0.2, -0.15) is 4.99 Å². The van der Waals surface area contributed by atoms with E-state index in [0.29, 0.717) is 5.57 Å². The van der Waals surface area contributed by atoms with Gasteiger partial charge in [-0.05, 0) is 28.7 Å². The molecule has 2 aliphatic rings. The molecular weight excluding hydrogens is 267 g/mol. The standard InChI is InChI=1S/C8H5IN2O/c9-5-1-2-7-6(3-5)8(12)11-4-10-7/h1,3-4H,2H2. The summed E-state index contributed by atoms with van der Waals surface area (Å²) in [6.45, 7) is 0. The Kier molecular flexibility index (Phi) is 1.92. The lowest BCUT2D eigenvalue weighted by Gasteiger charge is -2.12. The van der Waals surface area contributed by atoms with Crippen molar-refractivity contribution >= 4 is 40.5 Å². The minimum Gasteiger partial charge on any atom is -0.267 e. The van der Waals surface area contributed by atoms with Gasteiger partial charge in [-0.1, -0.05) is 6.08 Å². The summed E-state index contributed by atoms with van der Waals surface area (Å²) in [4.78, 5) is 18.8. The normalized spacial score (nSPS) is 21.1. The SMILES string of the molecule is O=C1N=CN=C2CC=C(I)C=C12. The van der Waals surface area contributed by atoms with Crippen molar-refractivity contribution in [2.24, 2.45) is 9.98 Å². The number of allylic oxidation sites excluding steroid dienone is 3. The Bertz CT molecular complexity index is 363. The highest BCUT2D eigenvalue weighted by molar-refractivity contribution is 14.1. The number of hydrogen-bond donors (Lipinski definition) is 0. The second-order valence-electron chi connectivity index (χ2n) is 2.48. The van der Waals surface area contributed by atoms with Crippen molar-refractivity contribution in [3.8, 4) is 0 Å². The lowest BCUT2D eigenvalue weighted by molar-refractivity contribution is -0.113. The zero-order chi connectivity index (χ0) is 8.55. The van der Waals surface area contributed by atoms with Gasteiger partial charge in [0.2, 0.25) is 0 Å². The highest BCUT2D eigenvalue weighted by atomic mass is 127. The van der Waals surface area contributed by atoms with E-state index in [1.807, 2.05) is 12.2 Å².